The van der Waals surface area contributed by atoms with E-state index >= 15 is 0 Å². The highest BCUT2D eigenvalue weighted by Crippen LogP contribution is 2.59. The number of carbonyl (C=O) groups excluding carboxylic acids is 2. The summed E-state index contributed by atoms with van der Waals surface area (Å²) in [5.41, 5.74) is 1.12. The van der Waals surface area contributed by atoms with Crippen LogP contribution in [-0.2, 0) is 9.59 Å². The number of thiophene rings is 1. The van der Waals surface area contributed by atoms with Crippen LogP contribution in [0.3, 0.4) is 0 Å². The summed E-state index contributed by atoms with van der Waals surface area (Å²) >= 11 is 1.44. The summed E-state index contributed by atoms with van der Waals surface area (Å²) < 4.78 is 5.74. The van der Waals surface area contributed by atoms with Gasteiger partial charge in [0.15, 0.2) is 5.76 Å². The molecule has 7 heteroatoms. The lowest BCUT2D eigenvalue weighted by molar-refractivity contribution is -0.158. The Morgan fingerprint density at radius 2 is 1.71 bits per heavy atom. The summed E-state index contributed by atoms with van der Waals surface area (Å²) in [6.45, 7) is 7.29. The standard InChI is InChI=1S/C28H29NO5S/c1-15-5-8-18(9-6-15)23-21(24(30)20-12-7-17(3)34-20)22(25-16(2)13-14-35-25)28(4,27(32)33)29(23)26(31)19-10-11-19/h5-9,12-14,19,21-23H,10-11H2,1-4H3,(H,32,33). The predicted molar refractivity (Wildman–Crippen MR) is 133 cm³/mol. The number of aryl methyl sites for hydroxylation is 3. The molecule has 2 aliphatic rings. The lowest BCUT2D eigenvalue weighted by atomic mass is 9.74. The zero-order chi connectivity index (χ0) is 25.1. The minimum absolute atomic E-state index is 0.189. The molecule has 0 radical (unpaired) electrons. The van der Waals surface area contributed by atoms with Crippen molar-refractivity contribution in [3.05, 3.63) is 80.9 Å². The van der Waals surface area contributed by atoms with Crippen LogP contribution < -0.4 is 0 Å². The highest BCUT2D eigenvalue weighted by Gasteiger charge is 2.66. The number of hydrogen-bond acceptors (Lipinski definition) is 5. The molecule has 1 aliphatic carbocycles. The van der Waals surface area contributed by atoms with Crippen molar-refractivity contribution in [1.82, 2.24) is 4.90 Å². The van der Waals surface area contributed by atoms with Crippen LogP contribution in [0.1, 0.15) is 69.6 Å². The fraction of sp³-hybridized carbons (Fsp3) is 0.393. The van der Waals surface area contributed by atoms with Crippen LogP contribution in [-0.4, -0.2) is 33.2 Å². The first-order valence-electron chi connectivity index (χ1n) is 11.9. The molecule has 3 aromatic rings. The Morgan fingerprint density at radius 1 is 1.03 bits per heavy atom. The third-order valence-corrected chi connectivity index (χ3v) is 8.67. The predicted octanol–water partition coefficient (Wildman–Crippen LogP) is 5.69. The Labute approximate surface area is 208 Å². The number of ketones is 1. The first kappa shape index (κ1) is 23.5. The normalized spacial score (nSPS) is 26.2. The van der Waals surface area contributed by atoms with Gasteiger partial charge >= 0.3 is 5.97 Å². The number of likely N-dealkylation sites (tertiary alicyclic amines) is 1. The van der Waals surface area contributed by atoms with Gasteiger partial charge in [-0.2, -0.15) is 0 Å². The van der Waals surface area contributed by atoms with Crippen molar-refractivity contribution < 1.29 is 23.9 Å². The van der Waals surface area contributed by atoms with E-state index in [2.05, 4.69) is 0 Å². The Morgan fingerprint density at radius 3 is 2.23 bits per heavy atom. The SMILES string of the molecule is Cc1ccc(C2C(C(=O)c3ccc(C)o3)C(c3sccc3C)C(C)(C(=O)O)N2C(=O)C2CC2)cc1. The average molecular weight is 492 g/mol. The molecule has 1 amide bonds. The topological polar surface area (TPSA) is 87.8 Å². The number of furan rings is 1. The maximum Gasteiger partial charge on any atom is 0.330 e. The van der Waals surface area contributed by atoms with E-state index < -0.39 is 29.4 Å². The van der Waals surface area contributed by atoms with Gasteiger partial charge in [0.2, 0.25) is 11.7 Å². The van der Waals surface area contributed by atoms with Gasteiger partial charge in [-0.1, -0.05) is 29.8 Å². The van der Waals surface area contributed by atoms with Crippen LogP contribution in [0.25, 0.3) is 0 Å². The molecule has 182 valence electrons. The van der Waals surface area contributed by atoms with Crippen molar-refractivity contribution in [3.8, 4) is 0 Å². The Balaban J connectivity index is 1.79. The highest BCUT2D eigenvalue weighted by atomic mass is 32.1. The summed E-state index contributed by atoms with van der Waals surface area (Å²) in [5.74, 6) is -2.52. The quantitative estimate of drug-likeness (QED) is 0.448. The van der Waals surface area contributed by atoms with Crippen molar-refractivity contribution in [3.63, 3.8) is 0 Å². The average Bonchev–Trinajstić information content (AvgIpc) is 3.36. The second-order valence-corrected chi connectivity index (χ2v) is 11.0. The van der Waals surface area contributed by atoms with Gasteiger partial charge in [0.05, 0.1) is 12.0 Å². The zero-order valence-electron chi connectivity index (χ0n) is 20.3. The minimum atomic E-state index is -1.60. The second-order valence-electron chi connectivity index (χ2n) is 10.0. The first-order chi connectivity index (χ1) is 16.6. The largest absolute Gasteiger partial charge is 0.479 e. The Kier molecular flexibility index (Phi) is 5.71. The van der Waals surface area contributed by atoms with E-state index in [1.165, 1.54) is 16.2 Å². The van der Waals surface area contributed by atoms with E-state index in [9.17, 15) is 19.5 Å². The third-order valence-electron chi connectivity index (χ3n) is 7.57. The number of hydrogen-bond donors (Lipinski definition) is 1. The summed E-state index contributed by atoms with van der Waals surface area (Å²) in [4.78, 5) is 43.5. The summed E-state index contributed by atoms with van der Waals surface area (Å²) in [7, 11) is 0. The summed E-state index contributed by atoms with van der Waals surface area (Å²) in [6.07, 6.45) is 1.48. The van der Waals surface area contributed by atoms with Crippen molar-refractivity contribution >= 4 is 29.0 Å². The van der Waals surface area contributed by atoms with E-state index in [-0.39, 0.29) is 23.4 Å². The molecule has 1 saturated heterocycles. The molecule has 4 atom stereocenters. The van der Waals surface area contributed by atoms with Gasteiger partial charge in [0, 0.05) is 16.7 Å². The fourth-order valence-electron chi connectivity index (χ4n) is 5.53. The van der Waals surface area contributed by atoms with Gasteiger partial charge < -0.3 is 14.4 Å². The maximum atomic E-state index is 14.2. The van der Waals surface area contributed by atoms with Crippen LogP contribution in [0.5, 0.6) is 0 Å². The number of amides is 1. The Hall–Kier alpha value is -3.19. The monoisotopic (exact) mass is 491 g/mol. The van der Waals surface area contributed by atoms with E-state index in [1.807, 2.05) is 49.6 Å². The Bertz CT molecular complexity index is 1300. The molecule has 1 saturated carbocycles. The van der Waals surface area contributed by atoms with Crippen molar-refractivity contribution in [2.24, 2.45) is 11.8 Å². The van der Waals surface area contributed by atoms with Gasteiger partial charge in [-0.25, -0.2) is 4.79 Å². The highest BCUT2D eigenvalue weighted by molar-refractivity contribution is 7.10. The van der Waals surface area contributed by atoms with Crippen molar-refractivity contribution in [1.29, 1.82) is 0 Å². The number of carbonyl (C=O) groups is 3. The molecule has 2 fully saturated rings. The number of carboxylic acid groups (broad SMARTS) is 1. The van der Waals surface area contributed by atoms with Gasteiger partial charge in [-0.3, -0.25) is 9.59 Å². The number of aliphatic carboxylic acids is 1. The lowest BCUT2D eigenvalue weighted by Crippen LogP contribution is -2.54. The second kappa shape index (κ2) is 8.48. The molecule has 0 spiro atoms. The van der Waals surface area contributed by atoms with E-state index in [4.69, 9.17) is 4.42 Å². The number of Topliss-reactive ketones (excluding diaryl/α,β-unsaturated/α-hetero) is 1. The summed E-state index contributed by atoms with van der Waals surface area (Å²) in [6, 6.07) is 12.3. The molecule has 2 aromatic heterocycles. The molecule has 3 heterocycles. The molecule has 1 aliphatic heterocycles. The van der Waals surface area contributed by atoms with E-state index in [0.29, 0.717) is 5.76 Å². The fourth-order valence-corrected chi connectivity index (χ4v) is 6.72. The van der Waals surface area contributed by atoms with Crippen LogP contribution in [0.15, 0.2) is 52.3 Å². The van der Waals surface area contributed by atoms with E-state index in [0.717, 1.165) is 34.4 Å². The zero-order valence-corrected chi connectivity index (χ0v) is 21.1. The van der Waals surface area contributed by atoms with Crippen LogP contribution in [0.2, 0.25) is 0 Å². The molecule has 1 N–H and O–H groups in total. The number of nitrogens with zero attached hydrogens (tertiary/aromatic N) is 1. The minimum Gasteiger partial charge on any atom is -0.479 e. The molecule has 35 heavy (non-hydrogen) atoms. The molecule has 6 nitrogen and oxygen atoms in total. The maximum absolute atomic E-state index is 14.2. The van der Waals surface area contributed by atoms with Gasteiger partial charge in [-0.05, 0) is 75.2 Å². The number of benzene rings is 1. The summed E-state index contributed by atoms with van der Waals surface area (Å²) in [5, 5.41) is 12.6. The van der Waals surface area contributed by atoms with Crippen molar-refractivity contribution in [2.75, 3.05) is 0 Å². The number of carboxylic acids is 1. The van der Waals surface area contributed by atoms with Gasteiger partial charge in [0.1, 0.15) is 11.3 Å². The molecular formula is C28H29NO5S. The molecule has 0 bridgehead atoms. The molecular weight excluding hydrogens is 462 g/mol. The van der Waals surface area contributed by atoms with Crippen LogP contribution >= 0.6 is 11.3 Å². The van der Waals surface area contributed by atoms with Gasteiger partial charge in [-0.15, -0.1) is 11.3 Å². The smallest absolute Gasteiger partial charge is 0.330 e. The van der Waals surface area contributed by atoms with Crippen LogP contribution in [0.4, 0.5) is 0 Å². The third kappa shape index (κ3) is 3.73. The van der Waals surface area contributed by atoms with E-state index in [1.54, 1.807) is 26.0 Å². The van der Waals surface area contributed by atoms with Crippen LogP contribution in [0, 0.1) is 32.6 Å². The molecule has 1 aromatic carbocycles. The number of rotatable bonds is 6. The molecule has 4 unspecified atom stereocenters. The van der Waals surface area contributed by atoms with Gasteiger partial charge in [0.25, 0.3) is 0 Å². The molecule has 5 rings (SSSR count). The van der Waals surface area contributed by atoms with Crippen molar-refractivity contribution in [2.45, 2.75) is 58.0 Å². The lowest BCUT2D eigenvalue weighted by Gasteiger charge is -2.38. The first-order valence-corrected chi connectivity index (χ1v) is 12.8.